The van der Waals surface area contributed by atoms with Crippen LogP contribution in [0.5, 0.6) is 0 Å². The van der Waals surface area contributed by atoms with Crippen LogP contribution in [-0.2, 0) is 0 Å². The molecule has 0 radical (unpaired) electrons. The number of nitrogens with two attached hydrogens (primary N) is 1. The molecule has 3 nitrogen and oxygen atoms in total. The topological polar surface area (TPSA) is 49.5 Å². The molecule has 3 N–H and O–H groups in total. The Balaban J connectivity index is 2.08. The van der Waals surface area contributed by atoms with Gasteiger partial charge in [0.1, 0.15) is 0 Å². The molecule has 21 heavy (non-hydrogen) atoms. The van der Waals surface area contributed by atoms with E-state index >= 15 is 0 Å². The van der Waals surface area contributed by atoms with Crippen LogP contribution in [-0.4, -0.2) is 41.8 Å². The first-order chi connectivity index (χ1) is 10.1. The smallest absolute Gasteiger partial charge is 0.0818 e. The fourth-order valence-electron chi connectivity index (χ4n) is 2.70. The van der Waals surface area contributed by atoms with E-state index in [1.165, 1.54) is 11.1 Å². The summed E-state index contributed by atoms with van der Waals surface area (Å²) in [6, 6.07) is 10.5. The Morgan fingerprint density at radius 1 is 1.38 bits per heavy atom. The average Bonchev–Trinajstić information content (AvgIpc) is 2.48. The Hall–Kier alpha value is -1.16. The molecule has 1 heterocycles. The highest BCUT2D eigenvalue weighted by Crippen LogP contribution is 2.20. The van der Waals surface area contributed by atoms with Gasteiger partial charge in [-0.05, 0) is 29.9 Å². The maximum atomic E-state index is 9.96. The Morgan fingerprint density at radius 2 is 2.10 bits per heavy atom. The van der Waals surface area contributed by atoms with Crippen LogP contribution in [0.25, 0.3) is 5.57 Å². The van der Waals surface area contributed by atoms with E-state index < -0.39 is 6.10 Å². The van der Waals surface area contributed by atoms with E-state index in [4.69, 9.17) is 5.73 Å². The summed E-state index contributed by atoms with van der Waals surface area (Å²) in [4.78, 5) is 2.31. The molecular weight excluding hydrogens is 260 g/mol. The zero-order chi connectivity index (χ0) is 15.2. The van der Waals surface area contributed by atoms with Crippen molar-refractivity contribution in [2.24, 2.45) is 11.7 Å². The fraction of sp³-hybridized carbons (Fsp3) is 0.556. The summed E-state index contributed by atoms with van der Waals surface area (Å²) in [5.74, 6) is 0.657. The van der Waals surface area contributed by atoms with Crippen LogP contribution in [0.3, 0.4) is 0 Å². The van der Waals surface area contributed by atoms with Crippen LogP contribution in [0.2, 0.25) is 0 Å². The van der Waals surface area contributed by atoms with Gasteiger partial charge in [-0.1, -0.05) is 50.3 Å². The fourth-order valence-corrected chi connectivity index (χ4v) is 2.70. The van der Waals surface area contributed by atoms with E-state index in [9.17, 15) is 5.11 Å². The van der Waals surface area contributed by atoms with E-state index in [0.29, 0.717) is 12.5 Å². The van der Waals surface area contributed by atoms with Crippen molar-refractivity contribution in [2.45, 2.75) is 38.8 Å². The van der Waals surface area contributed by atoms with Gasteiger partial charge in [0, 0.05) is 25.7 Å². The average molecular weight is 288 g/mol. The van der Waals surface area contributed by atoms with Gasteiger partial charge in [0.15, 0.2) is 0 Å². The third-order valence-electron chi connectivity index (χ3n) is 4.09. The Bertz CT molecular complexity index is 456. The zero-order valence-corrected chi connectivity index (χ0v) is 13.2. The quantitative estimate of drug-likeness (QED) is 0.875. The first-order valence-electron chi connectivity index (χ1n) is 7.96. The maximum Gasteiger partial charge on any atom is 0.0818 e. The number of nitrogens with zero attached hydrogens (tertiary/aromatic N) is 1. The van der Waals surface area contributed by atoms with Crippen LogP contribution >= 0.6 is 0 Å². The van der Waals surface area contributed by atoms with E-state index in [2.05, 4.69) is 49.1 Å². The lowest BCUT2D eigenvalue weighted by Crippen LogP contribution is -2.50. The van der Waals surface area contributed by atoms with Crippen LogP contribution < -0.4 is 5.73 Å². The molecule has 3 heteroatoms. The summed E-state index contributed by atoms with van der Waals surface area (Å²) in [7, 11) is 0. The third kappa shape index (κ3) is 4.95. The first-order valence-corrected chi connectivity index (χ1v) is 7.96. The Labute approximate surface area is 128 Å². The van der Waals surface area contributed by atoms with Gasteiger partial charge >= 0.3 is 0 Å². The lowest BCUT2D eigenvalue weighted by molar-refractivity contribution is 0.0602. The molecular formula is C18H28N2O. The molecule has 0 aromatic heterocycles. The number of hydrogen-bond donors (Lipinski definition) is 2. The molecule has 0 spiro atoms. The highest BCUT2D eigenvalue weighted by atomic mass is 16.3. The van der Waals surface area contributed by atoms with Gasteiger partial charge in [0.2, 0.25) is 0 Å². The number of β-amino-alcohol motifs (C(OH)–C–C–N with tert-alkyl or cyclic N) is 1. The van der Waals surface area contributed by atoms with Crippen LogP contribution in [0.1, 0.15) is 32.3 Å². The van der Waals surface area contributed by atoms with Gasteiger partial charge < -0.3 is 10.8 Å². The highest BCUT2D eigenvalue weighted by Gasteiger charge is 2.25. The zero-order valence-electron chi connectivity index (χ0n) is 13.2. The predicted molar refractivity (Wildman–Crippen MR) is 88.9 cm³/mol. The van der Waals surface area contributed by atoms with Crippen LogP contribution in [0, 0.1) is 5.92 Å². The van der Waals surface area contributed by atoms with Gasteiger partial charge in [0.25, 0.3) is 0 Å². The summed E-state index contributed by atoms with van der Waals surface area (Å²) in [6.07, 6.45) is 3.90. The number of aliphatic hydroxyl groups excluding tert-OH is 1. The lowest BCUT2D eigenvalue weighted by Gasteiger charge is -2.34. The molecule has 1 aromatic carbocycles. The van der Waals surface area contributed by atoms with Crippen LogP contribution in [0.15, 0.2) is 36.4 Å². The molecule has 0 saturated carbocycles. The molecule has 0 unspecified atom stereocenters. The number of likely N-dealkylation sites (tertiary alicyclic amines) is 1. The second kappa shape index (κ2) is 7.74. The lowest BCUT2D eigenvalue weighted by atomic mass is 9.98. The largest absolute Gasteiger partial charge is 0.390 e. The molecule has 1 aromatic rings. The van der Waals surface area contributed by atoms with Crippen molar-refractivity contribution in [1.29, 1.82) is 0 Å². The molecule has 0 amide bonds. The van der Waals surface area contributed by atoms with Crippen molar-refractivity contribution in [1.82, 2.24) is 4.90 Å². The van der Waals surface area contributed by atoms with E-state index in [0.717, 1.165) is 25.9 Å². The second-order valence-corrected chi connectivity index (χ2v) is 6.48. The summed E-state index contributed by atoms with van der Waals surface area (Å²) in [6.45, 7) is 7.00. The molecule has 1 saturated heterocycles. The Morgan fingerprint density at radius 3 is 2.71 bits per heavy atom. The van der Waals surface area contributed by atoms with E-state index in [-0.39, 0.29) is 6.04 Å². The van der Waals surface area contributed by atoms with E-state index in [1.54, 1.807) is 0 Å². The van der Waals surface area contributed by atoms with Crippen molar-refractivity contribution in [2.75, 3.05) is 19.6 Å². The predicted octanol–water partition coefficient (Wildman–Crippen LogP) is 2.51. The molecule has 2 atom stereocenters. The molecule has 1 fully saturated rings. The highest BCUT2D eigenvalue weighted by molar-refractivity contribution is 5.66. The number of benzene rings is 1. The minimum Gasteiger partial charge on any atom is -0.390 e. The number of aliphatic hydroxyl groups is 1. The second-order valence-electron chi connectivity index (χ2n) is 6.48. The molecule has 0 aliphatic carbocycles. The van der Waals surface area contributed by atoms with Crippen molar-refractivity contribution in [3.8, 4) is 0 Å². The van der Waals surface area contributed by atoms with Crippen LogP contribution in [0.4, 0.5) is 0 Å². The summed E-state index contributed by atoms with van der Waals surface area (Å²) >= 11 is 0. The summed E-state index contributed by atoms with van der Waals surface area (Å²) < 4.78 is 0. The number of rotatable bonds is 5. The maximum absolute atomic E-state index is 9.96. The summed E-state index contributed by atoms with van der Waals surface area (Å²) in [5.41, 5.74) is 8.52. The standard InChI is InChI=1S/C18H28N2O/c1-14(2)8-9-16(15-6-4-3-5-7-15)12-20-11-10-17(19)18(21)13-20/h3-7,9,14,17-18,21H,8,10-13,19H2,1-2H3/b16-9+/t17-,18-/m1/s1. The monoisotopic (exact) mass is 288 g/mol. The number of hydrogen-bond acceptors (Lipinski definition) is 3. The SMILES string of the molecule is CC(C)C/C=C(\CN1CC[C@@H](N)[C@H](O)C1)c1ccccc1. The van der Waals surface area contributed by atoms with E-state index in [1.807, 2.05) is 6.07 Å². The summed E-state index contributed by atoms with van der Waals surface area (Å²) in [5, 5.41) is 9.96. The van der Waals surface area contributed by atoms with Gasteiger partial charge in [-0.25, -0.2) is 0 Å². The van der Waals surface area contributed by atoms with Crippen molar-refractivity contribution in [3.63, 3.8) is 0 Å². The van der Waals surface area contributed by atoms with Crippen molar-refractivity contribution in [3.05, 3.63) is 42.0 Å². The minimum atomic E-state index is -0.402. The number of piperidine rings is 1. The minimum absolute atomic E-state index is 0.0685. The third-order valence-corrected chi connectivity index (χ3v) is 4.09. The first kappa shape index (κ1) is 16.2. The molecule has 1 aliphatic heterocycles. The molecule has 1 aliphatic rings. The van der Waals surface area contributed by atoms with Gasteiger partial charge in [0.05, 0.1) is 6.10 Å². The Kier molecular flexibility index (Phi) is 5.97. The van der Waals surface area contributed by atoms with Crippen molar-refractivity contribution >= 4 is 5.57 Å². The van der Waals surface area contributed by atoms with Gasteiger partial charge in [-0.15, -0.1) is 0 Å². The molecule has 2 rings (SSSR count). The van der Waals surface area contributed by atoms with Gasteiger partial charge in [-0.3, -0.25) is 4.90 Å². The number of allylic oxidation sites excluding steroid dienone is 1. The normalized spacial score (nSPS) is 24.5. The van der Waals surface area contributed by atoms with Gasteiger partial charge in [-0.2, -0.15) is 0 Å². The van der Waals surface area contributed by atoms with Crippen molar-refractivity contribution < 1.29 is 5.11 Å². The molecule has 116 valence electrons. The molecule has 0 bridgehead atoms.